The molecule has 0 aliphatic heterocycles. The summed E-state index contributed by atoms with van der Waals surface area (Å²) in [5.74, 6) is 0.535. The molecule has 0 aliphatic rings. The molecule has 0 aromatic heterocycles. The number of rotatable bonds is 22. The summed E-state index contributed by atoms with van der Waals surface area (Å²) < 4.78 is 17.3. The van der Waals surface area contributed by atoms with E-state index in [1.165, 1.54) is 129 Å². The molecule has 16 nitrogen and oxygen atoms in total. The van der Waals surface area contributed by atoms with Crippen LogP contribution in [0.3, 0.4) is 0 Å². The van der Waals surface area contributed by atoms with Gasteiger partial charge in [-0.1, -0.05) is 224 Å². The monoisotopic (exact) mass is 1740 g/mol. The van der Waals surface area contributed by atoms with E-state index in [-0.39, 0.29) is 74.8 Å². The Hall–Kier alpha value is -13.8. The summed E-state index contributed by atoms with van der Waals surface area (Å²) in [5.41, 5.74) is 14.9. The van der Waals surface area contributed by atoms with Gasteiger partial charge in [0.1, 0.15) is 28.7 Å². The molecular formula is C100H87Br2ClO16. The normalized spacial score (nSPS) is 10.8. The molecule has 12 aromatic rings. The van der Waals surface area contributed by atoms with Gasteiger partial charge in [0, 0.05) is 52.9 Å². The molecule has 0 atom stereocenters. The molecule has 19 heteroatoms. The number of methoxy groups -OCH3 is 3. The highest BCUT2D eigenvalue weighted by atomic mass is 79.9. The second-order valence-electron chi connectivity index (χ2n) is 26.6. The van der Waals surface area contributed by atoms with Crippen LogP contribution in [0.15, 0.2) is 294 Å². The lowest BCUT2D eigenvalue weighted by molar-refractivity contribution is 0.103. The number of hydrogen-bond donors (Lipinski definition) is 6. The molecule has 0 radical (unpaired) electrons. The van der Waals surface area contributed by atoms with Crippen LogP contribution in [0.4, 0.5) is 0 Å². The van der Waals surface area contributed by atoms with E-state index in [1.807, 2.05) is 157 Å². The minimum atomic E-state index is -0.255. The van der Waals surface area contributed by atoms with Gasteiger partial charge >= 0.3 is 0 Å². The average molecular weight is 1740 g/mol. The van der Waals surface area contributed by atoms with Gasteiger partial charge in [0.25, 0.3) is 0 Å². The van der Waals surface area contributed by atoms with Gasteiger partial charge in [0.05, 0.1) is 26.9 Å². The highest BCUT2D eigenvalue weighted by Gasteiger charge is 2.13. The maximum absolute atomic E-state index is 12.1. The first-order chi connectivity index (χ1) is 56.9. The van der Waals surface area contributed by atoms with Crippen molar-refractivity contribution < 1.29 is 78.4 Å². The molecule has 0 saturated heterocycles. The molecule has 0 fully saturated rings. The standard InChI is InChI=1S/C17H15BrO3.C17H13ClO3.2C17H16O3.C16H13BrO2.C16H14O2/c1-11-8-14(18)9-13(17(11)21-2)6-7-16(20)12-4-3-5-15(19)10-12;1-11-2-3-12(8-15(11)18)4-6-16(20)13-5-7-17(21)14(9-13)10-19;1-12-3-5-13(6-4-12)7-9-15(18)14-8-10-16(19)17(11-14)20-2;1-12-4-3-5-13(10-12)6-8-15(18)14-7-9-16(19)17(11-14)20-2;1-11-5-6-12(9-15(11)17)7-8-16(19)13-3-2-4-14(18)10-13;1-12-4-2-5-13(10-12)8-9-16(18)14-6-3-7-15(17)11-14/h3-10,19H,1-2H3;2-10,21H,1H3;2*3-11,19H,1-2H3;2-10,18H,1H3;2-11,17H,1H3/b7-6+;6-4+;9-7+;8-6+;8-7+;9-8+. The molecule has 0 aliphatic carbocycles. The van der Waals surface area contributed by atoms with Gasteiger partial charge in [-0.05, 0) is 244 Å². The van der Waals surface area contributed by atoms with Crippen LogP contribution in [0, 0.1) is 41.5 Å². The van der Waals surface area contributed by atoms with Gasteiger partial charge < -0.3 is 44.8 Å². The van der Waals surface area contributed by atoms with Gasteiger partial charge in [-0.15, -0.1) is 0 Å². The fourth-order valence-electron chi connectivity index (χ4n) is 10.9. The fraction of sp³-hybridized carbons (Fsp3) is 0.0900. The number of carbonyl (C=O) groups excluding carboxylic acids is 7. The number of hydrogen-bond acceptors (Lipinski definition) is 16. The molecule has 0 amide bonds. The van der Waals surface area contributed by atoms with Crippen molar-refractivity contribution in [3.8, 4) is 51.7 Å². The van der Waals surface area contributed by atoms with Crippen molar-refractivity contribution in [1.82, 2.24) is 0 Å². The van der Waals surface area contributed by atoms with Crippen LogP contribution in [0.25, 0.3) is 36.5 Å². The lowest BCUT2D eigenvalue weighted by atomic mass is 10.1. The van der Waals surface area contributed by atoms with E-state index in [2.05, 4.69) is 31.9 Å². The zero-order valence-corrected chi connectivity index (χ0v) is 70.5. The van der Waals surface area contributed by atoms with Crippen molar-refractivity contribution in [2.75, 3.05) is 21.3 Å². The van der Waals surface area contributed by atoms with E-state index in [1.54, 1.807) is 104 Å². The number of phenolic OH excluding ortho intramolecular Hbond substituents is 6. The van der Waals surface area contributed by atoms with Crippen molar-refractivity contribution in [3.63, 3.8) is 0 Å². The zero-order valence-electron chi connectivity index (χ0n) is 66.6. The maximum Gasteiger partial charge on any atom is 0.185 e. The highest BCUT2D eigenvalue weighted by Crippen LogP contribution is 2.32. The number of aldehydes is 1. The molecule has 604 valence electrons. The molecule has 119 heavy (non-hydrogen) atoms. The van der Waals surface area contributed by atoms with Gasteiger partial charge in [0.2, 0.25) is 0 Å². The lowest BCUT2D eigenvalue weighted by Crippen LogP contribution is -1.95. The van der Waals surface area contributed by atoms with Crippen molar-refractivity contribution in [3.05, 3.63) is 405 Å². The maximum atomic E-state index is 12.1. The Morgan fingerprint density at radius 2 is 0.672 bits per heavy atom. The topological polar surface area (TPSA) is 269 Å². The third-order valence-electron chi connectivity index (χ3n) is 17.3. The van der Waals surface area contributed by atoms with Crippen LogP contribution in [-0.2, 0) is 0 Å². The van der Waals surface area contributed by atoms with Crippen molar-refractivity contribution in [2.24, 2.45) is 0 Å². The summed E-state index contributed by atoms with van der Waals surface area (Å²) in [6.45, 7) is 11.9. The Labute approximate surface area is 713 Å². The Morgan fingerprint density at radius 1 is 0.311 bits per heavy atom. The minimum Gasteiger partial charge on any atom is -0.508 e. The van der Waals surface area contributed by atoms with E-state index in [9.17, 15) is 64.2 Å². The van der Waals surface area contributed by atoms with Crippen molar-refractivity contribution in [1.29, 1.82) is 0 Å². The average Bonchev–Trinajstić information content (AvgIpc) is 0.877. The van der Waals surface area contributed by atoms with Crippen LogP contribution in [0.1, 0.15) is 139 Å². The lowest BCUT2D eigenvalue weighted by Gasteiger charge is -2.09. The molecule has 6 N–H and O–H groups in total. The number of ketones is 6. The van der Waals surface area contributed by atoms with Crippen molar-refractivity contribution >= 4 is 121 Å². The molecular weight excluding hydrogens is 1650 g/mol. The second kappa shape index (κ2) is 46.7. The highest BCUT2D eigenvalue weighted by molar-refractivity contribution is 9.10. The number of phenols is 6. The summed E-state index contributed by atoms with van der Waals surface area (Å²) in [6, 6.07) is 71.1. The molecule has 0 heterocycles. The Balaban J connectivity index is 0.000000197. The van der Waals surface area contributed by atoms with Crippen LogP contribution in [-0.4, -0.2) is 93.0 Å². The first kappa shape index (κ1) is 92.4. The first-order valence-corrected chi connectivity index (χ1v) is 38.7. The molecule has 0 bridgehead atoms. The second-order valence-corrected chi connectivity index (χ2v) is 28.8. The number of aryl methyl sites for hydroxylation is 6. The first-order valence-electron chi connectivity index (χ1n) is 36.7. The SMILES string of the molecule is COc1c(C)cc(Br)cc1/C=C/C(=O)c1cccc(O)c1.COc1cc(C(=O)/C=C/c2ccc(C)cc2)ccc1O.COc1cc(C(=O)/C=C/c2cccc(C)c2)ccc1O.Cc1ccc(/C=C/C(=O)c2ccc(O)c(C=O)c2)cc1Cl.Cc1ccc(/C=C/C(=O)c2cccc(O)c2)cc1Br.Cc1cccc(/C=C/C(=O)c2cccc(O)c2)c1. The Bertz CT molecular complexity index is 5810. The molecule has 0 unspecified atom stereocenters. The number of aromatic hydroxyl groups is 6. The number of benzene rings is 12. The Kier molecular flexibility index (Phi) is 36.2. The summed E-state index contributed by atoms with van der Waals surface area (Å²) in [7, 11) is 4.50. The molecule has 12 rings (SSSR count). The predicted molar refractivity (Wildman–Crippen MR) is 481 cm³/mol. The predicted octanol–water partition coefficient (Wildman–Crippen LogP) is 23.6. The quantitative estimate of drug-likeness (QED) is 0.0209. The van der Waals surface area contributed by atoms with E-state index in [0.29, 0.717) is 56.2 Å². The number of allylic oxidation sites excluding steroid dienone is 6. The summed E-state index contributed by atoms with van der Waals surface area (Å²) >= 11 is 12.9. The number of ether oxygens (including phenoxy) is 3. The zero-order chi connectivity index (χ0) is 86.7. The third-order valence-corrected chi connectivity index (χ3v) is 19.1. The third kappa shape index (κ3) is 30.4. The summed E-state index contributed by atoms with van der Waals surface area (Å²) in [4.78, 5) is 82.7. The van der Waals surface area contributed by atoms with Gasteiger partial charge in [-0.25, -0.2) is 0 Å². The van der Waals surface area contributed by atoms with Crippen LogP contribution < -0.4 is 14.2 Å². The largest absolute Gasteiger partial charge is 0.508 e. The van der Waals surface area contributed by atoms with Crippen molar-refractivity contribution in [2.45, 2.75) is 41.5 Å². The van der Waals surface area contributed by atoms with Crippen LogP contribution in [0.2, 0.25) is 5.02 Å². The number of carbonyl (C=O) groups is 7. The smallest absolute Gasteiger partial charge is 0.185 e. The van der Waals surface area contributed by atoms with Gasteiger partial charge in [0.15, 0.2) is 64.0 Å². The fourth-order valence-corrected chi connectivity index (χ4v) is 12.0. The van der Waals surface area contributed by atoms with E-state index in [0.717, 1.165) is 75.9 Å². The van der Waals surface area contributed by atoms with Crippen LogP contribution >= 0.6 is 43.5 Å². The molecule has 0 spiro atoms. The summed E-state index contributed by atoms with van der Waals surface area (Å²) in [5, 5.41) is 57.1. The number of halogens is 3. The van der Waals surface area contributed by atoms with E-state index in [4.69, 9.17) is 25.8 Å². The Morgan fingerprint density at radius 3 is 1.06 bits per heavy atom. The van der Waals surface area contributed by atoms with E-state index < -0.39 is 0 Å². The van der Waals surface area contributed by atoms with Gasteiger partial charge in [-0.3, -0.25) is 33.6 Å². The van der Waals surface area contributed by atoms with E-state index >= 15 is 0 Å². The molecule has 0 saturated carbocycles. The van der Waals surface area contributed by atoms with Gasteiger partial charge in [-0.2, -0.15) is 0 Å². The molecule has 12 aromatic carbocycles. The summed E-state index contributed by atoms with van der Waals surface area (Å²) in [6.07, 6.45) is 19.9. The van der Waals surface area contributed by atoms with Crippen LogP contribution in [0.5, 0.6) is 51.7 Å². The minimum absolute atomic E-state index is 0.0200.